The summed E-state index contributed by atoms with van der Waals surface area (Å²) in [7, 11) is 1.98. The molecule has 1 aliphatic heterocycles. The lowest BCUT2D eigenvalue weighted by Crippen LogP contribution is -2.38. The van der Waals surface area contributed by atoms with Crippen molar-refractivity contribution in [2.24, 2.45) is 4.99 Å². The molecule has 2 aromatic rings. The summed E-state index contributed by atoms with van der Waals surface area (Å²) < 4.78 is 15.3. The second kappa shape index (κ2) is 10.6. The van der Waals surface area contributed by atoms with Crippen molar-refractivity contribution in [2.75, 3.05) is 13.6 Å². The third-order valence-corrected chi connectivity index (χ3v) is 4.59. The molecule has 0 atom stereocenters. The lowest BCUT2D eigenvalue weighted by Gasteiger charge is -2.22. The third kappa shape index (κ3) is 5.88. The molecule has 27 heavy (non-hydrogen) atoms. The van der Waals surface area contributed by atoms with Crippen LogP contribution in [-0.2, 0) is 26.1 Å². The number of hydrogen-bond acceptors (Lipinski definition) is 3. The minimum Gasteiger partial charge on any atom is -0.357 e. The molecule has 2 heterocycles. The summed E-state index contributed by atoms with van der Waals surface area (Å²) in [5, 5.41) is 12.0. The van der Waals surface area contributed by atoms with E-state index in [1.165, 1.54) is 31.4 Å². The van der Waals surface area contributed by atoms with Crippen LogP contribution in [0.3, 0.4) is 0 Å². The standard InChI is InChI=1S/C19H27FN6.HI/c1-3-21-19(25(2)14-15-8-10-16(20)11-9-15)22-13-18-24-23-17-7-5-4-6-12-26(17)18;/h8-11H,3-7,12-14H2,1-2H3,(H,21,22);1H. The number of nitrogens with zero attached hydrogens (tertiary/aromatic N) is 5. The SMILES string of the molecule is CCNC(=NCc1nnc2n1CCCCC2)N(C)Cc1ccc(F)cc1.I. The molecule has 0 unspecified atom stereocenters. The molecule has 148 valence electrons. The van der Waals surface area contributed by atoms with Gasteiger partial charge in [0.15, 0.2) is 11.8 Å². The van der Waals surface area contributed by atoms with Crippen molar-refractivity contribution in [3.05, 3.63) is 47.3 Å². The number of fused-ring (bicyclic) bond motifs is 1. The van der Waals surface area contributed by atoms with Crippen LogP contribution in [0.5, 0.6) is 0 Å². The Hall–Kier alpha value is -1.71. The van der Waals surface area contributed by atoms with Crippen molar-refractivity contribution in [1.82, 2.24) is 25.0 Å². The number of benzene rings is 1. The Bertz CT molecular complexity index is 743. The minimum atomic E-state index is -0.218. The van der Waals surface area contributed by atoms with Gasteiger partial charge < -0.3 is 14.8 Å². The maximum atomic E-state index is 13.1. The van der Waals surface area contributed by atoms with Gasteiger partial charge >= 0.3 is 0 Å². The van der Waals surface area contributed by atoms with Crippen LogP contribution in [0.15, 0.2) is 29.3 Å². The zero-order chi connectivity index (χ0) is 18.4. The molecule has 1 aliphatic rings. The molecular formula is C19H28FIN6. The molecule has 8 heteroatoms. The predicted octanol–water partition coefficient (Wildman–Crippen LogP) is 3.36. The van der Waals surface area contributed by atoms with Crippen LogP contribution >= 0.6 is 24.0 Å². The first-order valence-corrected chi connectivity index (χ1v) is 9.32. The van der Waals surface area contributed by atoms with Gasteiger partial charge in [-0.1, -0.05) is 18.6 Å². The molecule has 0 bridgehead atoms. The van der Waals surface area contributed by atoms with Crippen LogP contribution in [-0.4, -0.2) is 39.2 Å². The first kappa shape index (κ1) is 21.6. The zero-order valence-electron chi connectivity index (χ0n) is 16.0. The van der Waals surface area contributed by atoms with Gasteiger partial charge in [-0.25, -0.2) is 9.38 Å². The maximum Gasteiger partial charge on any atom is 0.194 e. The number of nitrogens with one attached hydrogen (secondary N) is 1. The summed E-state index contributed by atoms with van der Waals surface area (Å²) in [6, 6.07) is 6.57. The summed E-state index contributed by atoms with van der Waals surface area (Å²) >= 11 is 0. The van der Waals surface area contributed by atoms with E-state index < -0.39 is 0 Å². The summed E-state index contributed by atoms with van der Waals surface area (Å²) in [4.78, 5) is 6.78. The molecular weight excluding hydrogens is 458 g/mol. The largest absolute Gasteiger partial charge is 0.357 e. The van der Waals surface area contributed by atoms with E-state index in [-0.39, 0.29) is 29.8 Å². The van der Waals surface area contributed by atoms with Crippen molar-refractivity contribution in [2.45, 2.75) is 52.2 Å². The van der Waals surface area contributed by atoms with Gasteiger partial charge in [-0.2, -0.15) is 0 Å². The van der Waals surface area contributed by atoms with Crippen LogP contribution in [0, 0.1) is 5.82 Å². The Balaban J connectivity index is 0.00000261. The average molecular weight is 486 g/mol. The fourth-order valence-electron chi connectivity index (χ4n) is 3.22. The Morgan fingerprint density at radius 1 is 1.22 bits per heavy atom. The summed E-state index contributed by atoms with van der Waals surface area (Å²) in [6.45, 7) is 4.97. The van der Waals surface area contributed by atoms with E-state index >= 15 is 0 Å². The Morgan fingerprint density at radius 2 is 2.00 bits per heavy atom. The van der Waals surface area contributed by atoms with E-state index in [1.807, 2.05) is 18.9 Å². The normalized spacial score (nSPS) is 14.1. The van der Waals surface area contributed by atoms with Crippen LogP contribution in [0.2, 0.25) is 0 Å². The van der Waals surface area contributed by atoms with Gasteiger partial charge in [0.1, 0.15) is 18.2 Å². The average Bonchev–Trinajstić information content (AvgIpc) is 2.87. The fourth-order valence-corrected chi connectivity index (χ4v) is 3.22. The van der Waals surface area contributed by atoms with E-state index in [1.54, 1.807) is 12.1 Å². The molecule has 0 aliphatic carbocycles. The predicted molar refractivity (Wildman–Crippen MR) is 116 cm³/mol. The quantitative estimate of drug-likeness (QED) is 0.400. The highest BCUT2D eigenvalue weighted by molar-refractivity contribution is 14.0. The van der Waals surface area contributed by atoms with Crippen molar-refractivity contribution in [3.8, 4) is 0 Å². The van der Waals surface area contributed by atoms with Crippen molar-refractivity contribution in [1.29, 1.82) is 0 Å². The van der Waals surface area contributed by atoms with E-state index in [4.69, 9.17) is 4.99 Å². The number of halogens is 2. The van der Waals surface area contributed by atoms with Crippen molar-refractivity contribution < 1.29 is 4.39 Å². The maximum absolute atomic E-state index is 13.1. The monoisotopic (exact) mass is 486 g/mol. The van der Waals surface area contributed by atoms with Crippen molar-refractivity contribution in [3.63, 3.8) is 0 Å². The first-order valence-electron chi connectivity index (χ1n) is 9.32. The highest BCUT2D eigenvalue weighted by Gasteiger charge is 2.15. The highest BCUT2D eigenvalue weighted by atomic mass is 127. The van der Waals surface area contributed by atoms with Gasteiger partial charge in [-0.05, 0) is 37.5 Å². The molecule has 3 rings (SSSR count). The molecule has 0 saturated carbocycles. The molecule has 0 spiro atoms. The van der Waals surface area contributed by atoms with E-state index in [0.717, 1.165) is 42.7 Å². The number of aliphatic imine (C=N–C) groups is 1. The topological polar surface area (TPSA) is 58.3 Å². The highest BCUT2D eigenvalue weighted by Crippen LogP contribution is 2.15. The molecule has 1 aromatic carbocycles. The van der Waals surface area contributed by atoms with Crippen LogP contribution < -0.4 is 5.32 Å². The molecule has 1 N–H and O–H groups in total. The molecule has 1 aromatic heterocycles. The molecule has 0 saturated heterocycles. The summed E-state index contributed by atoms with van der Waals surface area (Å²) in [5.41, 5.74) is 1.04. The van der Waals surface area contributed by atoms with E-state index in [2.05, 4.69) is 20.1 Å². The molecule has 0 radical (unpaired) electrons. The number of aryl methyl sites for hydroxylation is 1. The first-order chi connectivity index (χ1) is 12.7. The summed E-state index contributed by atoms with van der Waals surface area (Å²) in [5.74, 6) is 2.59. The van der Waals surface area contributed by atoms with Gasteiger partial charge in [-0.3, -0.25) is 0 Å². The second-order valence-corrected chi connectivity index (χ2v) is 6.65. The minimum absolute atomic E-state index is 0. The van der Waals surface area contributed by atoms with Gasteiger partial charge in [0, 0.05) is 33.1 Å². The lowest BCUT2D eigenvalue weighted by atomic mass is 10.2. The number of guanidine groups is 1. The van der Waals surface area contributed by atoms with Gasteiger partial charge in [-0.15, -0.1) is 34.2 Å². The molecule has 6 nitrogen and oxygen atoms in total. The second-order valence-electron chi connectivity index (χ2n) is 6.65. The van der Waals surface area contributed by atoms with Crippen LogP contribution in [0.1, 0.15) is 43.4 Å². The smallest absolute Gasteiger partial charge is 0.194 e. The summed E-state index contributed by atoms with van der Waals surface area (Å²) in [6.07, 6.45) is 4.60. The zero-order valence-corrected chi connectivity index (χ0v) is 18.3. The third-order valence-electron chi connectivity index (χ3n) is 4.59. The van der Waals surface area contributed by atoms with Gasteiger partial charge in [0.25, 0.3) is 0 Å². The Labute approximate surface area is 177 Å². The van der Waals surface area contributed by atoms with E-state index in [9.17, 15) is 4.39 Å². The number of hydrogen-bond donors (Lipinski definition) is 1. The van der Waals surface area contributed by atoms with Crippen LogP contribution in [0.25, 0.3) is 0 Å². The molecule has 0 amide bonds. The Kier molecular flexibility index (Phi) is 8.46. The van der Waals surface area contributed by atoms with E-state index in [0.29, 0.717) is 13.1 Å². The lowest BCUT2D eigenvalue weighted by molar-refractivity contribution is 0.475. The van der Waals surface area contributed by atoms with Crippen molar-refractivity contribution >= 4 is 29.9 Å². The van der Waals surface area contributed by atoms with Crippen LogP contribution in [0.4, 0.5) is 4.39 Å². The number of aromatic nitrogens is 3. The Morgan fingerprint density at radius 3 is 2.74 bits per heavy atom. The number of rotatable bonds is 5. The molecule has 0 fully saturated rings. The van der Waals surface area contributed by atoms with Gasteiger partial charge in [0.2, 0.25) is 0 Å². The van der Waals surface area contributed by atoms with Gasteiger partial charge in [0.05, 0.1) is 0 Å². The fraction of sp³-hybridized carbons (Fsp3) is 0.526.